The van der Waals surface area contributed by atoms with Crippen LogP contribution >= 0.6 is 46.6 Å². The molecule has 0 saturated carbocycles. The van der Waals surface area contributed by atoms with Crippen LogP contribution in [0.3, 0.4) is 0 Å². The van der Waals surface area contributed by atoms with E-state index in [4.69, 9.17) is 34.8 Å². The summed E-state index contributed by atoms with van der Waals surface area (Å²) in [6, 6.07) is 9.62. The zero-order chi connectivity index (χ0) is 22.3. The van der Waals surface area contributed by atoms with Crippen LogP contribution < -0.4 is 10.2 Å². The van der Waals surface area contributed by atoms with Crippen LogP contribution in [0.15, 0.2) is 41.4 Å². The molecule has 2 atom stereocenters. The van der Waals surface area contributed by atoms with Gasteiger partial charge in [0, 0.05) is 26.4 Å². The lowest BCUT2D eigenvalue weighted by Gasteiger charge is -2.26. The number of nitrogens with zero attached hydrogens (tertiary/aromatic N) is 2. The topological polar surface area (TPSA) is 78.8 Å². The first-order valence-corrected chi connectivity index (χ1v) is 13.3. The molecule has 1 saturated heterocycles. The van der Waals surface area contributed by atoms with Crippen LogP contribution in [0.5, 0.6) is 0 Å². The third-order valence-electron chi connectivity index (χ3n) is 5.11. The van der Waals surface area contributed by atoms with Gasteiger partial charge in [0.05, 0.1) is 29.3 Å². The first-order valence-electron chi connectivity index (χ1n) is 9.34. The summed E-state index contributed by atoms with van der Waals surface area (Å²) in [6.45, 7) is 1.83. The second kappa shape index (κ2) is 8.83. The fraction of sp³-hybridized carbons (Fsp3) is 0.300. The number of amides is 1. The number of hydrogen-bond donors (Lipinski definition) is 1. The molecule has 1 amide bonds. The van der Waals surface area contributed by atoms with E-state index in [-0.39, 0.29) is 35.2 Å². The molecule has 0 aliphatic carbocycles. The van der Waals surface area contributed by atoms with Gasteiger partial charge in [-0.2, -0.15) is 0 Å². The molecule has 31 heavy (non-hydrogen) atoms. The van der Waals surface area contributed by atoms with Crippen LogP contribution in [-0.4, -0.2) is 48.8 Å². The average molecular weight is 519 g/mol. The lowest BCUT2D eigenvalue weighted by Crippen LogP contribution is -2.39. The maximum absolute atomic E-state index is 12.5. The molecule has 2 aromatic rings. The van der Waals surface area contributed by atoms with Gasteiger partial charge in [0.15, 0.2) is 15.0 Å². The Balaban J connectivity index is 1.54. The number of anilines is 2. The lowest BCUT2D eigenvalue weighted by atomic mass is 10.1. The van der Waals surface area contributed by atoms with Gasteiger partial charge in [0.2, 0.25) is 5.91 Å². The Morgan fingerprint density at radius 1 is 1.19 bits per heavy atom. The third-order valence-corrected chi connectivity index (χ3v) is 8.62. The van der Waals surface area contributed by atoms with Gasteiger partial charge in [0.25, 0.3) is 0 Å². The number of rotatable bonds is 4. The van der Waals surface area contributed by atoms with Crippen molar-refractivity contribution in [3.8, 4) is 0 Å². The molecule has 1 N–H and O–H groups in total. The maximum Gasteiger partial charge on any atom is 0.234 e. The Hall–Kier alpha value is -1.45. The summed E-state index contributed by atoms with van der Waals surface area (Å²) in [7, 11) is -3.19. The summed E-state index contributed by atoms with van der Waals surface area (Å²) in [5.74, 6) is -0.141. The molecular weight excluding hydrogens is 501 g/mol. The van der Waals surface area contributed by atoms with Crippen LogP contribution in [0.2, 0.25) is 15.1 Å². The minimum Gasteiger partial charge on any atom is -0.325 e. The van der Waals surface area contributed by atoms with Crippen molar-refractivity contribution < 1.29 is 13.2 Å². The molecule has 2 aliphatic heterocycles. The van der Waals surface area contributed by atoms with Gasteiger partial charge in [-0.1, -0.05) is 52.6 Å². The largest absolute Gasteiger partial charge is 0.325 e. The Bertz CT molecular complexity index is 1170. The van der Waals surface area contributed by atoms with Crippen molar-refractivity contribution in [3.63, 3.8) is 0 Å². The number of carbonyl (C=O) groups excluding carboxylic acids is 1. The zero-order valence-electron chi connectivity index (χ0n) is 16.3. The van der Waals surface area contributed by atoms with Gasteiger partial charge in [-0.05, 0) is 42.8 Å². The molecule has 2 aliphatic rings. The second-order valence-corrected chi connectivity index (χ2v) is 11.7. The van der Waals surface area contributed by atoms with Gasteiger partial charge in [0.1, 0.15) is 0 Å². The number of sulfone groups is 1. The highest BCUT2D eigenvalue weighted by atomic mass is 35.5. The van der Waals surface area contributed by atoms with E-state index in [1.807, 2.05) is 11.8 Å². The normalized spacial score (nSPS) is 21.7. The molecule has 11 heteroatoms. The minimum atomic E-state index is -3.19. The van der Waals surface area contributed by atoms with Gasteiger partial charge in [-0.3, -0.25) is 9.79 Å². The van der Waals surface area contributed by atoms with Gasteiger partial charge >= 0.3 is 0 Å². The fourth-order valence-corrected chi connectivity index (χ4v) is 7.13. The summed E-state index contributed by atoms with van der Waals surface area (Å²) in [5.41, 5.74) is 2.09. The summed E-state index contributed by atoms with van der Waals surface area (Å²) in [4.78, 5) is 19.0. The van der Waals surface area contributed by atoms with Crippen molar-refractivity contribution in [3.05, 3.63) is 57.0 Å². The van der Waals surface area contributed by atoms with Crippen molar-refractivity contribution in [2.75, 3.05) is 27.5 Å². The monoisotopic (exact) mass is 517 g/mol. The average Bonchev–Trinajstić information content (AvgIpc) is 3.14. The van der Waals surface area contributed by atoms with Crippen molar-refractivity contribution in [2.24, 2.45) is 4.99 Å². The number of benzene rings is 2. The number of amidine groups is 1. The van der Waals surface area contributed by atoms with Crippen molar-refractivity contribution in [1.82, 2.24) is 0 Å². The molecule has 0 radical (unpaired) electrons. The van der Waals surface area contributed by atoms with E-state index in [2.05, 4.69) is 10.3 Å². The Labute approximate surface area is 199 Å². The molecule has 0 spiro atoms. The third kappa shape index (κ3) is 4.98. The van der Waals surface area contributed by atoms with E-state index in [1.54, 1.807) is 36.4 Å². The standard InChI is InChI=1S/C20H18Cl3N3O3S2/c1-11-15(23)3-2-4-16(11)24-19(27)8-30-20-25-17-9-31(28,29)10-18(17)26(20)14-6-12(21)5-13(22)7-14/h2-7,17-18H,8-10H2,1H3,(H,24,27)/t17-,18+/m1/s1. The molecule has 2 heterocycles. The van der Waals surface area contributed by atoms with E-state index in [0.717, 1.165) is 5.56 Å². The Kier molecular flexibility index (Phi) is 6.47. The first-order chi connectivity index (χ1) is 14.6. The summed E-state index contributed by atoms with van der Waals surface area (Å²) < 4.78 is 24.3. The number of aliphatic imine (C=N–C) groups is 1. The minimum absolute atomic E-state index is 0.0107. The SMILES string of the molecule is Cc1c(Cl)cccc1NC(=O)CSC1=N[C@@H]2CS(=O)(=O)C[C@@H]2N1c1cc(Cl)cc(Cl)c1. The molecule has 0 unspecified atom stereocenters. The van der Waals surface area contributed by atoms with E-state index in [9.17, 15) is 13.2 Å². The van der Waals surface area contributed by atoms with Crippen LogP contribution in [-0.2, 0) is 14.6 Å². The first kappa shape index (κ1) is 22.7. The van der Waals surface area contributed by atoms with Crippen LogP contribution in [0.4, 0.5) is 11.4 Å². The van der Waals surface area contributed by atoms with Crippen molar-refractivity contribution in [1.29, 1.82) is 0 Å². The second-order valence-electron chi connectivity index (χ2n) is 7.37. The van der Waals surface area contributed by atoms with E-state index in [0.29, 0.717) is 31.6 Å². The molecule has 1 fully saturated rings. The Morgan fingerprint density at radius 3 is 2.61 bits per heavy atom. The molecule has 4 rings (SSSR count). The molecule has 164 valence electrons. The summed E-state index contributed by atoms with van der Waals surface area (Å²) in [5, 5.41) is 4.87. The predicted molar refractivity (Wildman–Crippen MR) is 130 cm³/mol. The van der Waals surface area contributed by atoms with Crippen molar-refractivity contribution >= 4 is 78.9 Å². The van der Waals surface area contributed by atoms with Crippen LogP contribution in [0.25, 0.3) is 0 Å². The highest BCUT2D eigenvalue weighted by Crippen LogP contribution is 2.37. The lowest BCUT2D eigenvalue weighted by molar-refractivity contribution is -0.113. The summed E-state index contributed by atoms with van der Waals surface area (Å²) in [6.07, 6.45) is 0. The van der Waals surface area contributed by atoms with Gasteiger partial charge in [-0.15, -0.1) is 0 Å². The van der Waals surface area contributed by atoms with E-state index in [1.165, 1.54) is 11.8 Å². The molecule has 2 aromatic carbocycles. The van der Waals surface area contributed by atoms with Crippen LogP contribution in [0, 0.1) is 6.92 Å². The number of carbonyl (C=O) groups is 1. The van der Waals surface area contributed by atoms with Crippen molar-refractivity contribution in [2.45, 2.75) is 19.0 Å². The van der Waals surface area contributed by atoms with Gasteiger partial charge < -0.3 is 10.2 Å². The molecule has 0 bridgehead atoms. The van der Waals surface area contributed by atoms with E-state index >= 15 is 0 Å². The predicted octanol–water partition coefficient (Wildman–Crippen LogP) is 4.67. The highest BCUT2D eigenvalue weighted by molar-refractivity contribution is 8.14. The van der Waals surface area contributed by atoms with Crippen LogP contribution in [0.1, 0.15) is 5.56 Å². The number of nitrogens with one attached hydrogen (secondary N) is 1. The Morgan fingerprint density at radius 2 is 1.90 bits per heavy atom. The summed E-state index contributed by atoms with van der Waals surface area (Å²) >= 11 is 19.7. The smallest absolute Gasteiger partial charge is 0.234 e. The maximum atomic E-state index is 12.5. The fourth-order valence-electron chi connectivity index (χ4n) is 3.67. The number of thioether (sulfide) groups is 1. The number of fused-ring (bicyclic) bond motifs is 1. The molecule has 0 aromatic heterocycles. The highest BCUT2D eigenvalue weighted by Gasteiger charge is 2.47. The van der Waals surface area contributed by atoms with E-state index < -0.39 is 9.84 Å². The molecule has 6 nitrogen and oxygen atoms in total. The van der Waals surface area contributed by atoms with Gasteiger partial charge in [-0.25, -0.2) is 8.42 Å². The number of halogens is 3. The molecular formula is C20H18Cl3N3O3S2. The zero-order valence-corrected chi connectivity index (χ0v) is 20.2. The quantitative estimate of drug-likeness (QED) is 0.636. The number of hydrogen-bond acceptors (Lipinski definition) is 6.